The summed E-state index contributed by atoms with van der Waals surface area (Å²) < 4.78 is 6.96. The maximum atomic E-state index is 11.6. The maximum Gasteiger partial charge on any atom is 0.407 e. The summed E-state index contributed by atoms with van der Waals surface area (Å²) in [5, 5.41) is 8.99. The number of hydrogen-bond donors (Lipinski definition) is 1. The summed E-state index contributed by atoms with van der Waals surface area (Å²) in [6.45, 7) is 3.00. The summed E-state index contributed by atoms with van der Waals surface area (Å²) in [5.74, 6) is 0. The van der Waals surface area contributed by atoms with Gasteiger partial charge in [0.25, 0.3) is 0 Å². The van der Waals surface area contributed by atoms with Crippen LogP contribution in [0.25, 0.3) is 10.9 Å². The Hall–Kier alpha value is -2.11. The third kappa shape index (κ3) is 2.44. The molecule has 0 aromatic carbocycles. The van der Waals surface area contributed by atoms with Crippen LogP contribution in [0.1, 0.15) is 44.2 Å². The Bertz CT molecular complexity index is 758. The highest BCUT2D eigenvalue weighted by atomic mass is 16.5. The van der Waals surface area contributed by atoms with E-state index in [2.05, 4.69) is 21.0 Å². The molecule has 3 aliphatic rings. The summed E-state index contributed by atoms with van der Waals surface area (Å²) >= 11 is 0. The lowest BCUT2D eigenvalue weighted by Crippen LogP contribution is -2.57. The molecule has 2 bridgehead atoms. The van der Waals surface area contributed by atoms with Gasteiger partial charge in [-0.15, -0.1) is 0 Å². The van der Waals surface area contributed by atoms with Gasteiger partial charge in [-0.25, -0.2) is 4.79 Å². The Labute approximate surface area is 141 Å². The average Bonchev–Trinajstić information content (AvgIpc) is 2.92. The van der Waals surface area contributed by atoms with E-state index < -0.39 is 0 Å². The Morgan fingerprint density at radius 2 is 2.00 bits per heavy atom. The summed E-state index contributed by atoms with van der Waals surface area (Å²) in [6, 6.07) is 2.06. The van der Waals surface area contributed by atoms with Crippen molar-refractivity contribution in [2.45, 2.75) is 57.5 Å². The molecular weight excluding hydrogens is 304 g/mol. The first-order chi connectivity index (χ1) is 11.5. The number of pyridine rings is 1. The van der Waals surface area contributed by atoms with E-state index in [9.17, 15) is 4.79 Å². The first-order valence-corrected chi connectivity index (χ1v) is 8.68. The lowest BCUT2D eigenvalue weighted by atomic mass is 9.57. The van der Waals surface area contributed by atoms with Crippen LogP contribution in [0.3, 0.4) is 0 Å². The van der Waals surface area contributed by atoms with Gasteiger partial charge in [0.1, 0.15) is 0 Å². The van der Waals surface area contributed by atoms with Crippen LogP contribution in [0.4, 0.5) is 4.79 Å². The Morgan fingerprint density at radius 3 is 2.67 bits per heavy atom. The van der Waals surface area contributed by atoms with Gasteiger partial charge < -0.3 is 10.1 Å². The van der Waals surface area contributed by atoms with E-state index in [0.717, 1.165) is 56.1 Å². The van der Waals surface area contributed by atoms with Crippen LogP contribution < -0.4 is 5.32 Å². The predicted octanol–water partition coefficient (Wildman–Crippen LogP) is 3.19. The van der Waals surface area contributed by atoms with Gasteiger partial charge in [0, 0.05) is 29.9 Å². The topological polar surface area (TPSA) is 69.0 Å². The normalized spacial score (nSPS) is 28.9. The molecule has 3 saturated carbocycles. The predicted molar refractivity (Wildman–Crippen MR) is 90.7 cm³/mol. The van der Waals surface area contributed by atoms with Crippen LogP contribution in [0.5, 0.6) is 0 Å². The largest absolute Gasteiger partial charge is 0.453 e. The highest BCUT2D eigenvalue weighted by Gasteiger charge is 2.49. The smallest absolute Gasteiger partial charge is 0.407 e. The third-order valence-electron chi connectivity index (χ3n) is 6.18. The molecule has 2 heterocycles. The van der Waals surface area contributed by atoms with Gasteiger partial charge >= 0.3 is 6.09 Å². The van der Waals surface area contributed by atoms with Crippen LogP contribution in [-0.4, -0.2) is 33.5 Å². The summed E-state index contributed by atoms with van der Waals surface area (Å²) in [6.07, 6.45) is 9.91. The second-order valence-corrected chi connectivity index (χ2v) is 7.53. The van der Waals surface area contributed by atoms with Crippen molar-refractivity contribution in [3.8, 4) is 0 Å². The standard InChI is InChI=1S/C18H24N4O2/c1-13-14-11-19-10-3-15(14)22(21-13)12-17-4-7-18(8-5-17,9-6-17)20-16(23)24-2/h3,10-11H,4-9,12H2,1-2H3,(H,20,23). The van der Waals surface area contributed by atoms with E-state index in [-0.39, 0.29) is 11.6 Å². The zero-order chi connectivity index (χ0) is 16.8. The Kier molecular flexibility index (Phi) is 3.51. The van der Waals surface area contributed by atoms with Crippen molar-refractivity contribution < 1.29 is 9.53 Å². The van der Waals surface area contributed by atoms with Crippen molar-refractivity contribution >= 4 is 17.0 Å². The molecular formula is C18H24N4O2. The number of fused-ring (bicyclic) bond motifs is 4. The Balaban J connectivity index is 1.54. The molecule has 0 aliphatic heterocycles. The van der Waals surface area contributed by atoms with Crippen LogP contribution in [0.2, 0.25) is 0 Å². The average molecular weight is 328 g/mol. The SMILES string of the molecule is COC(=O)NC12CCC(Cn3nc(C)c4cnccc43)(CC1)CC2. The Morgan fingerprint density at radius 1 is 1.29 bits per heavy atom. The number of amides is 1. The van der Waals surface area contributed by atoms with E-state index in [1.54, 1.807) is 0 Å². The molecule has 6 heteroatoms. The van der Waals surface area contributed by atoms with Crippen molar-refractivity contribution in [2.24, 2.45) is 5.41 Å². The van der Waals surface area contributed by atoms with E-state index in [0.29, 0.717) is 5.41 Å². The molecule has 128 valence electrons. The van der Waals surface area contributed by atoms with Gasteiger partial charge in [-0.05, 0) is 56.9 Å². The van der Waals surface area contributed by atoms with Crippen molar-refractivity contribution in [3.63, 3.8) is 0 Å². The first-order valence-electron chi connectivity index (χ1n) is 8.68. The number of ether oxygens (including phenoxy) is 1. The monoisotopic (exact) mass is 328 g/mol. The van der Waals surface area contributed by atoms with Crippen molar-refractivity contribution in [3.05, 3.63) is 24.2 Å². The number of aromatic nitrogens is 3. The number of carbonyl (C=O) groups is 1. The molecule has 3 fully saturated rings. The summed E-state index contributed by atoms with van der Waals surface area (Å²) in [7, 11) is 1.43. The third-order valence-corrected chi connectivity index (χ3v) is 6.18. The lowest BCUT2D eigenvalue weighted by molar-refractivity contribution is 0.00947. The highest BCUT2D eigenvalue weighted by molar-refractivity contribution is 5.80. The van der Waals surface area contributed by atoms with Gasteiger partial charge in [-0.1, -0.05) is 0 Å². The van der Waals surface area contributed by atoms with E-state index in [1.165, 1.54) is 12.6 Å². The molecule has 5 rings (SSSR count). The molecule has 0 spiro atoms. The van der Waals surface area contributed by atoms with Crippen molar-refractivity contribution in [2.75, 3.05) is 7.11 Å². The fourth-order valence-corrected chi connectivity index (χ4v) is 4.57. The van der Waals surface area contributed by atoms with Gasteiger partial charge in [-0.2, -0.15) is 5.10 Å². The number of nitrogens with zero attached hydrogens (tertiary/aromatic N) is 3. The molecule has 2 aromatic rings. The molecule has 2 aromatic heterocycles. The molecule has 0 saturated heterocycles. The second-order valence-electron chi connectivity index (χ2n) is 7.53. The zero-order valence-corrected chi connectivity index (χ0v) is 14.3. The summed E-state index contributed by atoms with van der Waals surface area (Å²) in [5.41, 5.74) is 2.46. The number of methoxy groups -OCH3 is 1. The molecule has 0 unspecified atom stereocenters. The number of alkyl carbamates (subject to hydrolysis) is 1. The minimum Gasteiger partial charge on any atom is -0.453 e. The van der Waals surface area contributed by atoms with Crippen LogP contribution in [0, 0.1) is 12.3 Å². The highest BCUT2D eigenvalue weighted by Crippen LogP contribution is 2.53. The second kappa shape index (κ2) is 5.46. The fourth-order valence-electron chi connectivity index (χ4n) is 4.57. The quantitative estimate of drug-likeness (QED) is 0.939. The van der Waals surface area contributed by atoms with E-state index in [4.69, 9.17) is 9.84 Å². The first kappa shape index (κ1) is 15.4. The number of nitrogens with one attached hydrogen (secondary N) is 1. The number of hydrogen-bond acceptors (Lipinski definition) is 4. The number of rotatable bonds is 3. The van der Waals surface area contributed by atoms with Crippen molar-refractivity contribution in [1.82, 2.24) is 20.1 Å². The van der Waals surface area contributed by atoms with E-state index in [1.807, 2.05) is 19.3 Å². The minimum atomic E-state index is -0.300. The van der Waals surface area contributed by atoms with Gasteiger partial charge in [-0.3, -0.25) is 9.67 Å². The lowest BCUT2D eigenvalue weighted by Gasteiger charge is -2.53. The van der Waals surface area contributed by atoms with Gasteiger partial charge in [0.15, 0.2) is 0 Å². The maximum absolute atomic E-state index is 11.6. The molecule has 1 N–H and O–H groups in total. The molecule has 0 atom stereocenters. The van der Waals surface area contributed by atoms with Crippen LogP contribution in [0.15, 0.2) is 18.5 Å². The minimum absolute atomic E-state index is 0.0547. The molecule has 24 heavy (non-hydrogen) atoms. The van der Waals surface area contributed by atoms with E-state index >= 15 is 0 Å². The molecule has 0 radical (unpaired) electrons. The zero-order valence-electron chi connectivity index (χ0n) is 14.3. The van der Waals surface area contributed by atoms with Crippen LogP contribution >= 0.6 is 0 Å². The fraction of sp³-hybridized carbons (Fsp3) is 0.611. The van der Waals surface area contributed by atoms with Gasteiger partial charge in [0.2, 0.25) is 0 Å². The van der Waals surface area contributed by atoms with Crippen molar-refractivity contribution in [1.29, 1.82) is 0 Å². The number of carbonyl (C=O) groups excluding carboxylic acids is 1. The van der Waals surface area contributed by atoms with Crippen LogP contribution in [-0.2, 0) is 11.3 Å². The number of aryl methyl sites for hydroxylation is 1. The van der Waals surface area contributed by atoms with Gasteiger partial charge in [0.05, 0.1) is 18.3 Å². The molecule has 3 aliphatic carbocycles. The molecule has 6 nitrogen and oxygen atoms in total. The molecule has 1 amide bonds. The summed E-state index contributed by atoms with van der Waals surface area (Å²) in [4.78, 5) is 15.8.